The van der Waals surface area contributed by atoms with Gasteiger partial charge in [-0.05, 0) is 58.4 Å². The number of thiophene rings is 1. The van der Waals surface area contributed by atoms with Crippen LogP contribution in [0.1, 0.15) is 0 Å². The Hall–Kier alpha value is -3.12. The molecule has 0 saturated heterocycles. The molecule has 0 radical (unpaired) electrons. The van der Waals surface area contributed by atoms with Crippen molar-refractivity contribution in [2.75, 3.05) is 0 Å². The average molecular weight is 394 g/mol. The van der Waals surface area contributed by atoms with Crippen molar-refractivity contribution in [2.45, 2.75) is 0 Å². The fourth-order valence-electron chi connectivity index (χ4n) is 4.04. The van der Waals surface area contributed by atoms with Crippen LogP contribution in [0.5, 0.6) is 0 Å². The molecule has 0 bridgehead atoms. The molecule has 0 atom stereocenters. The van der Waals surface area contributed by atoms with Crippen LogP contribution in [-0.2, 0) is 0 Å². The largest absolute Gasteiger partial charge is 0.488 e. The summed E-state index contributed by atoms with van der Waals surface area (Å²) in [5.74, 6) is 0. The number of benzene rings is 4. The number of rotatable bonds is 2. The van der Waals surface area contributed by atoms with Crippen molar-refractivity contribution in [1.82, 2.24) is 0 Å². The van der Waals surface area contributed by atoms with Gasteiger partial charge in [0.25, 0.3) is 0 Å². The molecule has 0 aliphatic rings. The zero-order chi connectivity index (χ0) is 19.5. The molecule has 2 N–H and O–H groups in total. The van der Waals surface area contributed by atoms with Crippen molar-refractivity contribution in [3.8, 4) is 11.1 Å². The van der Waals surface area contributed by atoms with Gasteiger partial charge in [-0.15, -0.1) is 11.3 Å². The second kappa shape index (κ2) is 6.19. The minimum Gasteiger partial charge on any atom is -0.456 e. The summed E-state index contributed by atoms with van der Waals surface area (Å²) in [7, 11) is -1.46. The van der Waals surface area contributed by atoms with E-state index in [2.05, 4.69) is 36.4 Å². The van der Waals surface area contributed by atoms with Crippen molar-refractivity contribution in [2.24, 2.45) is 0 Å². The summed E-state index contributed by atoms with van der Waals surface area (Å²) < 4.78 is 8.27. The smallest absolute Gasteiger partial charge is 0.456 e. The van der Waals surface area contributed by atoms with Gasteiger partial charge in [0.1, 0.15) is 11.2 Å². The first-order chi connectivity index (χ1) is 14.2. The second-order valence-corrected chi connectivity index (χ2v) is 8.34. The Kier molecular flexibility index (Phi) is 3.59. The first kappa shape index (κ1) is 16.8. The number of furan rings is 1. The van der Waals surface area contributed by atoms with Crippen LogP contribution in [0.4, 0.5) is 0 Å². The van der Waals surface area contributed by atoms with Gasteiger partial charge < -0.3 is 14.5 Å². The molecule has 29 heavy (non-hydrogen) atoms. The third kappa shape index (κ3) is 2.59. The van der Waals surface area contributed by atoms with Crippen molar-refractivity contribution < 1.29 is 14.5 Å². The zero-order valence-electron chi connectivity index (χ0n) is 15.3. The van der Waals surface area contributed by atoms with Crippen LogP contribution in [0.2, 0.25) is 0 Å². The highest BCUT2D eigenvalue weighted by molar-refractivity contribution is 7.25. The lowest BCUT2D eigenvalue weighted by Crippen LogP contribution is -2.29. The van der Waals surface area contributed by atoms with Crippen molar-refractivity contribution in [1.29, 1.82) is 0 Å². The Morgan fingerprint density at radius 3 is 2.10 bits per heavy atom. The molecule has 0 fully saturated rings. The Labute approximate surface area is 170 Å². The fourth-order valence-corrected chi connectivity index (χ4v) is 5.11. The predicted octanol–water partition coefficient (Wildman–Crippen LogP) is 5.30. The van der Waals surface area contributed by atoms with Gasteiger partial charge in [-0.1, -0.05) is 42.5 Å². The first-order valence-corrected chi connectivity index (χ1v) is 10.2. The molecule has 4 aromatic carbocycles. The quantitative estimate of drug-likeness (QED) is 0.392. The van der Waals surface area contributed by atoms with Gasteiger partial charge in [0, 0.05) is 25.6 Å². The molecule has 0 aliphatic heterocycles. The molecule has 0 spiro atoms. The summed E-state index contributed by atoms with van der Waals surface area (Å²) in [6.45, 7) is 0. The summed E-state index contributed by atoms with van der Waals surface area (Å²) in [5, 5.41) is 23.5. The van der Waals surface area contributed by atoms with Gasteiger partial charge in [-0.3, -0.25) is 0 Å². The molecule has 0 saturated carbocycles. The molecule has 2 heterocycles. The summed E-state index contributed by atoms with van der Waals surface area (Å²) in [4.78, 5) is 0. The Morgan fingerprint density at radius 1 is 0.621 bits per heavy atom. The second-order valence-electron chi connectivity index (χ2n) is 7.25. The lowest BCUT2D eigenvalue weighted by Gasteiger charge is -2.04. The maximum Gasteiger partial charge on any atom is 0.488 e. The van der Waals surface area contributed by atoms with Crippen molar-refractivity contribution in [3.63, 3.8) is 0 Å². The van der Waals surface area contributed by atoms with Gasteiger partial charge in [0.15, 0.2) is 0 Å². The lowest BCUT2D eigenvalue weighted by atomic mass is 9.80. The third-order valence-corrected chi connectivity index (χ3v) is 6.65. The topological polar surface area (TPSA) is 53.6 Å². The van der Waals surface area contributed by atoms with Crippen LogP contribution in [0.15, 0.2) is 83.3 Å². The first-order valence-electron chi connectivity index (χ1n) is 9.41. The van der Waals surface area contributed by atoms with Crippen LogP contribution < -0.4 is 5.46 Å². The Bertz CT molecular complexity index is 1540. The van der Waals surface area contributed by atoms with Crippen molar-refractivity contribution >= 4 is 66.0 Å². The lowest BCUT2D eigenvalue weighted by molar-refractivity contribution is 0.426. The van der Waals surface area contributed by atoms with Crippen LogP contribution in [0.3, 0.4) is 0 Å². The van der Waals surface area contributed by atoms with Gasteiger partial charge >= 0.3 is 7.12 Å². The number of fused-ring (bicyclic) bond motifs is 6. The SMILES string of the molecule is OB(O)c1ccc2sc3ccc(-c4ccc5oc6ccccc6c5c4)cc3c2c1. The van der Waals surface area contributed by atoms with Gasteiger partial charge in [-0.2, -0.15) is 0 Å². The minimum absolute atomic E-state index is 0.508. The van der Waals surface area contributed by atoms with E-state index in [4.69, 9.17) is 4.42 Å². The van der Waals surface area contributed by atoms with E-state index < -0.39 is 7.12 Å². The highest BCUT2D eigenvalue weighted by atomic mass is 32.1. The zero-order valence-corrected chi connectivity index (χ0v) is 16.1. The Morgan fingerprint density at radius 2 is 1.28 bits per heavy atom. The molecular formula is C24H15BO3S. The molecule has 3 nitrogen and oxygen atoms in total. The summed E-state index contributed by atoms with van der Waals surface area (Å²) in [6.07, 6.45) is 0. The monoisotopic (exact) mass is 394 g/mol. The average Bonchev–Trinajstić information content (AvgIpc) is 3.30. The van der Waals surface area contributed by atoms with Crippen LogP contribution in [-0.4, -0.2) is 17.2 Å². The van der Waals surface area contributed by atoms with E-state index in [1.807, 2.05) is 36.4 Å². The Balaban J connectivity index is 1.57. The van der Waals surface area contributed by atoms with E-state index in [1.54, 1.807) is 17.4 Å². The molecular weight excluding hydrogens is 379 g/mol. The molecule has 0 amide bonds. The molecule has 0 aliphatic carbocycles. The van der Waals surface area contributed by atoms with E-state index in [0.29, 0.717) is 5.46 Å². The molecule has 5 heteroatoms. The number of para-hydroxylation sites is 1. The van der Waals surface area contributed by atoms with E-state index in [0.717, 1.165) is 48.5 Å². The highest BCUT2D eigenvalue weighted by Crippen LogP contribution is 2.37. The number of hydrogen-bond acceptors (Lipinski definition) is 4. The van der Waals surface area contributed by atoms with Gasteiger partial charge in [0.05, 0.1) is 0 Å². The van der Waals surface area contributed by atoms with Crippen LogP contribution in [0.25, 0.3) is 53.2 Å². The fraction of sp³-hybridized carbons (Fsp3) is 0. The molecule has 2 aromatic heterocycles. The normalized spacial score (nSPS) is 11.8. The molecule has 138 valence electrons. The molecule has 6 aromatic rings. The third-order valence-electron chi connectivity index (χ3n) is 5.50. The molecule has 0 unspecified atom stereocenters. The maximum absolute atomic E-state index is 9.54. The highest BCUT2D eigenvalue weighted by Gasteiger charge is 2.14. The number of hydrogen-bond donors (Lipinski definition) is 2. The predicted molar refractivity (Wildman–Crippen MR) is 122 cm³/mol. The standard InChI is InChI=1S/C24H15BO3S/c26-25(27)16-7-10-24-20(13-16)19-12-15(6-9-23(19)29-24)14-5-8-22-18(11-14)17-3-1-2-4-21(17)28-22/h1-13,26-27H. The minimum atomic E-state index is -1.46. The van der Waals surface area contributed by atoms with E-state index in [9.17, 15) is 10.0 Å². The molecule has 6 rings (SSSR count). The summed E-state index contributed by atoms with van der Waals surface area (Å²) in [5.41, 5.74) is 4.55. The van der Waals surface area contributed by atoms with Gasteiger partial charge in [0.2, 0.25) is 0 Å². The van der Waals surface area contributed by atoms with Crippen molar-refractivity contribution in [3.05, 3.63) is 78.9 Å². The van der Waals surface area contributed by atoms with Gasteiger partial charge in [-0.25, -0.2) is 0 Å². The van der Waals surface area contributed by atoms with Crippen LogP contribution in [0, 0.1) is 0 Å². The maximum atomic E-state index is 9.54. The summed E-state index contributed by atoms with van der Waals surface area (Å²) >= 11 is 1.71. The van der Waals surface area contributed by atoms with E-state index in [-0.39, 0.29) is 0 Å². The van der Waals surface area contributed by atoms with Crippen LogP contribution >= 0.6 is 11.3 Å². The summed E-state index contributed by atoms with van der Waals surface area (Å²) in [6, 6.07) is 26.4. The van der Waals surface area contributed by atoms with E-state index >= 15 is 0 Å². The van der Waals surface area contributed by atoms with E-state index in [1.165, 1.54) is 4.70 Å².